The summed E-state index contributed by atoms with van der Waals surface area (Å²) in [6, 6.07) is 181. The Kier molecular flexibility index (Phi) is 20.7. The van der Waals surface area contributed by atoms with Crippen LogP contribution in [0.4, 0.5) is 0 Å². The maximum atomic E-state index is 6.54. The summed E-state index contributed by atoms with van der Waals surface area (Å²) in [7, 11) is 0. The smallest absolute Gasteiger partial charge is 0.213 e. The van der Waals surface area contributed by atoms with Gasteiger partial charge in [-0.25, -0.2) is 29.9 Å². The highest BCUT2D eigenvalue weighted by Crippen LogP contribution is 2.48. The van der Waals surface area contributed by atoms with Crippen molar-refractivity contribution in [2.45, 2.75) is 0 Å². The summed E-state index contributed by atoms with van der Waals surface area (Å²) in [5, 5.41) is 17.5. The first kappa shape index (κ1) is 86.3. The van der Waals surface area contributed by atoms with Crippen LogP contribution in [0.5, 0.6) is 0 Å². The molecule has 0 saturated heterocycles. The van der Waals surface area contributed by atoms with Gasteiger partial charge >= 0.3 is 0 Å². The minimum atomic E-state index is 0.698. The lowest BCUT2D eigenvalue weighted by Crippen LogP contribution is -1.97. The standard InChI is InChI=1S/C50H31N3O.2C44H27N3O/c1-3-13-34-27-39(25-23-32(34)11-1)44-31-43(51-49(52-44)41-26-24-33-12-2-4-14-35(33)30-41)38-17-9-15-36(28-38)37-16-10-18-40(29-37)48-42-19-5-6-20-45(42)53-46-21-7-8-22-47(46)54-50(48)53;1-3-18-32-28(12-1)14-10-21-34(32)38-27-37(45-43(46-38)35-22-11-15-29-13-2-4-19-33(29)35)30-16-9-17-31(26-30)42-36-20-5-6-23-39(36)47-40-24-7-8-25-41(40)48-44(42)47;1-3-15-32-28(11-1)13-9-18-34(32)38-27-37(45-43(46-38)35-19-10-14-29-12-2-4-16-33(29)35)30-23-25-31(26-24-30)42-36-17-5-6-20-39(36)47-40-21-7-8-22-41(40)48-44(42)47/h1-31H;2*1-27H. The van der Waals surface area contributed by atoms with Gasteiger partial charge in [-0.1, -0.05) is 413 Å². The molecule has 0 aliphatic rings. The van der Waals surface area contributed by atoms with E-state index in [9.17, 15) is 0 Å². The van der Waals surface area contributed by atoms with Crippen molar-refractivity contribution in [3.8, 4) is 146 Å². The zero-order valence-corrected chi connectivity index (χ0v) is 80.8. The highest BCUT2D eigenvalue weighted by Gasteiger charge is 2.27. The van der Waals surface area contributed by atoms with E-state index in [1.807, 2.05) is 36.4 Å². The Morgan fingerprint density at radius 3 is 0.813 bits per heavy atom. The van der Waals surface area contributed by atoms with E-state index in [1.165, 1.54) is 32.3 Å². The van der Waals surface area contributed by atoms with Gasteiger partial charge in [0.15, 0.2) is 34.2 Å². The lowest BCUT2D eigenvalue weighted by atomic mass is 9.96. The maximum absolute atomic E-state index is 6.54. The molecule has 700 valence electrons. The molecule has 22 aromatic carbocycles. The van der Waals surface area contributed by atoms with Gasteiger partial charge < -0.3 is 13.3 Å². The fourth-order valence-corrected chi connectivity index (χ4v) is 22.3. The van der Waals surface area contributed by atoms with Crippen LogP contribution >= 0.6 is 0 Å². The second-order valence-electron chi connectivity index (χ2n) is 38.2. The molecule has 0 radical (unpaired) electrons. The average Bonchev–Trinajstić information content (AvgIpc) is 1.57. The summed E-state index contributed by atoms with van der Waals surface area (Å²) in [5.74, 6) is 2.11. The van der Waals surface area contributed by atoms with Crippen LogP contribution in [0, 0.1) is 0 Å². The zero-order chi connectivity index (χ0) is 98.8. The van der Waals surface area contributed by atoms with E-state index in [4.69, 9.17) is 43.2 Å². The third-order valence-electron chi connectivity index (χ3n) is 29.4. The van der Waals surface area contributed by atoms with Crippen LogP contribution in [0.1, 0.15) is 0 Å². The van der Waals surface area contributed by atoms with Crippen LogP contribution < -0.4 is 0 Å². The lowest BCUT2D eigenvalue weighted by Gasteiger charge is -2.13. The van der Waals surface area contributed by atoms with Crippen molar-refractivity contribution in [3.05, 3.63) is 516 Å². The molecule has 0 aliphatic heterocycles. The van der Waals surface area contributed by atoms with Gasteiger partial charge in [0.1, 0.15) is 0 Å². The van der Waals surface area contributed by atoms with E-state index in [0.717, 1.165) is 244 Å². The largest absolute Gasteiger partial charge is 0.438 e. The van der Waals surface area contributed by atoms with Gasteiger partial charge in [-0.05, 0) is 196 Å². The van der Waals surface area contributed by atoms with Crippen LogP contribution in [0.25, 0.3) is 294 Å². The summed E-state index contributed by atoms with van der Waals surface area (Å²) in [5.41, 5.74) is 35.0. The summed E-state index contributed by atoms with van der Waals surface area (Å²) in [4.78, 5) is 31.4. The summed E-state index contributed by atoms with van der Waals surface area (Å²) in [6.07, 6.45) is 0. The molecule has 0 spiro atoms. The second kappa shape index (κ2) is 35.9. The van der Waals surface area contributed by atoms with Gasteiger partial charge in [-0.15, -0.1) is 0 Å². The first-order valence-corrected chi connectivity index (χ1v) is 50.6. The monoisotopic (exact) mass is 1920 g/mol. The number of aromatic nitrogens is 9. The number of para-hydroxylation sites is 9. The van der Waals surface area contributed by atoms with Crippen LogP contribution in [-0.2, 0) is 0 Å². The third kappa shape index (κ3) is 15.0. The van der Waals surface area contributed by atoms with Gasteiger partial charge in [-0.2, -0.15) is 0 Å². The van der Waals surface area contributed by atoms with Gasteiger partial charge in [-0.3, -0.25) is 13.2 Å². The predicted molar refractivity (Wildman–Crippen MR) is 616 cm³/mol. The van der Waals surface area contributed by atoms with Gasteiger partial charge in [0.05, 0.1) is 84.0 Å². The van der Waals surface area contributed by atoms with Gasteiger partial charge in [0, 0.05) is 66.2 Å². The molecule has 12 heteroatoms. The molecule has 0 N–H and O–H groups in total. The molecule has 0 fully saturated rings. The van der Waals surface area contributed by atoms with Crippen molar-refractivity contribution in [2.24, 2.45) is 0 Å². The number of hydrogen-bond donors (Lipinski definition) is 0. The van der Waals surface area contributed by atoms with E-state index in [0.29, 0.717) is 17.5 Å². The molecule has 0 unspecified atom stereocenters. The highest BCUT2D eigenvalue weighted by atomic mass is 16.4. The van der Waals surface area contributed by atoms with Crippen molar-refractivity contribution < 1.29 is 13.3 Å². The normalized spacial score (nSPS) is 11.7. The first-order chi connectivity index (χ1) is 74.3. The molecule has 0 aliphatic carbocycles. The van der Waals surface area contributed by atoms with Crippen molar-refractivity contribution >= 4 is 148 Å². The fraction of sp³-hybridized carbons (Fsp3) is 0. The SMILES string of the molecule is c1cc(-c2cc(-c3cccc4ccccc34)nc(-c3cccc4ccccc34)n2)cc(-c2c3ccccc3n3c2oc2ccccc23)c1.c1cc(-c2cccc(-c3c4ccccc4n4c3oc3ccccc34)c2)cc(-c2cc(-c3ccc4ccccc4c3)nc(-c3ccc4ccccc4c3)n2)c1.c1ccc2c(-c3cc(-c4ccc(-c5c6ccccc6n6c5oc5ccccc56)cc4)nc(-c4cccc5ccccc45)n3)cccc2c1. The van der Waals surface area contributed by atoms with E-state index in [2.05, 4.69) is 492 Å². The Balaban J connectivity index is 0.000000106. The minimum absolute atomic E-state index is 0.698. The van der Waals surface area contributed by atoms with Crippen LogP contribution in [-0.4, -0.2) is 43.1 Å². The number of nitrogens with zero attached hydrogens (tertiary/aromatic N) is 9. The third-order valence-corrected chi connectivity index (χ3v) is 29.4. The van der Waals surface area contributed by atoms with Crippen LogP contribution in [0.2, 0.25) is 0 Å². The number of benzene rings is 22. The Bertz CT molecular complexity index is 10600. The Morgan fingerprint density at radius 1 is 0.140 bits per heavy atom. The number of oxazole rings is 3. The number of hydrogen-bond acceptors (Lipinski definition) is 9. The van der Waals surface area contributed by atoms with Crippen LogP contribution in [0.15, 0.2) is 529 Å². The first-order valence-electron chi connectivity index (χ1n) is 50.6. The molecule has 150 heavy (non-hydrogen) atoms. The van der Waals surface area contributed by atoms with E-state index in [-0.39, 0.29) is 0 Å². The predicted octanol–water partition coefficient (Wildman–Crippen LogP) is 36.5. The molecule has 9 aromatic heterocycles. The Labute approximate surface area is 860 Å². The van der Waals surface area contributed by atoms with Crippen molar-refractivity contribution in [1.82, 2.24) is 43.1 Å². The summed E-state index contributed by atoms with van der Waals surface area (Å²) >= 11 is 0. The molecule has 31 rings (SSSR count). The van der Waals surface area contributed by atoms with Gasteiger partial charge in [0.25, 0.3) is 0 Å². The average molecular weight is 1920 g/mol. The Hall–Kier alpha value is -20.3. The molecule has 0 saturated carbocycles. The van der Waals surface area contributed by atoms with E-state index < -0.39 is 0 Å². The van der Waals surface area contributed by atoms with E-state index >= 15 is 0 Å². The molecule has 9 heterocycles. The molecular weight excluding hydrogens is 1830 g/mol. The quantitative estimate of drug-likeness (QED) is 0.111. The molecular formula is C138H85N9O3. The maximum Gasteiger partial charge on any atom is 0.213 e. The van der Waals surface area contributed by atoms with Crippen molar-refractivity contribution in [2.75, 3.05) is 0 Å². The number of fused-ring (bicyclic) bond motifs is 21. The second-order valence-corrected chi connectivity index (χ2v) is 38.2. The van der Waals surface area contributed by atoms with Crippen molar-refractivity contribution in [1.29, 1.82) is 0 Å². The molecule has 31 aromatic rings. The molecule has 0 atom stereocenters. The van der Waals surface area contributed by atoms with Gasteiger partial charge in [0.2, 0.25) is 17.1 Å². The van der Waals surface area contributed by atoms with Crippen LogP contribution in [0.3, 0.4) is 0 Å². The number of rotatable bonds is 13. The zero-order valence-electron chi connectivity index (χ0n) is 80.8. The fourth-order valence-electron chi connectivity index (χ4n) is 22.3. The Morgan fingerprint density at radius 2 is 0.393 bits per heavy atom. The molecule has 0 amide bonds. The molecule has 12 nitrogen and oxygen atoms in total. The summed E-state index contributed by atoms with van der Waals surface area (Å²) in [6.45, 7) is 0. The summed E-state index contributed by atoms with van der Waals surface area (Å²) < 4.78 is 26.3. The lowest BCUT2D eigenvalue weighted by molar-refractivity contribution is 0.658. The molecule has 0 bridgehead atoms. The van der Waals surface area contributed by atoms with E-state index in [1.54, 1.807) is 0 Å². The minimum Gasteiger partial charge on any atom is -0.438 e. The topological polar surface area (TPSA) is 130 Å². The highest BCUT2D eigenvalue weighted by molar-refractivity contribution is 6.12. The van der Waals surface area contributed by atoms with Crippen molar-refractivity contribution in [3.63, 3.8) is 0 Å².